The lowest BCUT2D eigenvalue weighted by Crippen LogP contribution is -2.22. The Balaban J connectivity index is 1.82. The first-order valence-corrected chi connectivity index (χ1v) is 10.5. The van der Waals surface area contributed by atoms with Gasteiger partial charge in [0.25, 0.3) is 5.56 Å². The molecular formula is C20H18N4O2S2. The molecule has 0 amide bonds. The van der Waals surface area contributed by atoms with E-state index in [0.29, 0.717) is 34.6 Å². The van der Waals surface area contributed by atoms with Gasteiger partial charge in [0.2, 0.25) is 5.89 Å². The molecule has 28 heavy (non-hydrogen) atoms. The fraction of sp³-hybridized carbons (Fsp3) is 0.200. The molecule has 0 N–H and O–H groups in total. The zero-order chi connectivity index (χ0) is 19.7. The molecule has 0 atom stereocenters. The fourth-order valence-corrected chi connectivity index (χ4v) is 5.06. The smallest absolute Gasteiger partial charge is 0.263 e. The van der Waals surface area contributed by atoms with Gasteiger partial charge in [0.1, 0.15) is 4.83 Å². The van der Waals surface area contributed by atoms with E-state index < -0.39 is 0 Å². The van der Waals surface area contributed by atoms with E-state index in [1.54, 1.807) is 28.9 Å². The van der Waals surface area contributed by atoms with E-state index in [2.05, 4.69) is 16.7 Å². The third-order valence-corrected chi connectivity index (χ3v) is 6.45. The fourth-order valence-electron chi connectivity index (χ4n) is 2.99. The molecule has 3 aromatic heterocycles. The Morgan fingerprint density at radius 2 is 2.04 bits per heavy atom. The predicted molar refractivity (Wildman–Crippen MR) is 113 cm³/mol. The van der Waals surface area contributed by atoms with Crippen LogP contribution in [-0.2, 0) is 12.3 Å². The summed E-state index contributed by atoms with van der Waals surface area (Å²) in [5, 5.41) is 5.09. The molecule has 6 nitrogen and oxygen atoms in total. The number of nitrogens with zero attached hydrogens (tertiary/aromatic N) is 4. The molecular weight excluding hydrogens is 392 g/mol. The Kier molecular flexibility index (Phi) is 5.15. The Morgan fingerprint density at radius 1 is 1.25 bits per heavy atom. The van der Waals surface area contributed by atoms with Crippen molar-refractivity contribution in [2.24, 2.45) is 0 Å². The Bertz CT molecular complexity index is 1210. The molecule has 4 aromatic rings. The first-order valence-electron chi connectivity index (χ1n) is 8.70. The summed E-state index contributed by atoms with van der Waals surface area (Å²) in [6.07, 6.45) is 1.70. The average molecular weight is 411 g/mol. The summed E-state index contributed by atoms with van der Waals surface area (Å²) in [6.45, 7) is 7.93. The molecule has 1 aromatic carbocycles. The van der Waals surface area contributed by atoms with E-state index in [1.165, 1.54) is 11.8 Å². The minimum atomic E-state index is -0.0509. The maximum Gasteiger partial charge on any atom is 0.263 e. The van der Waals surface area contributed by atoms with Crippen LogP contribution in [0, 0.1) is 13.8 Å². The van der Waals surface area contributed by atoms with E-state index >= 15 is 0 Å². The quantitative estimate of drug-likeness (QED) is 0.263. The van der Waals surface area contributed by atoms with Crippen LogP contribution in [0.15, 0.2) is 57.5 Å². The largest absolute Gasteiger partial charge is 0.338 e. The maximum atomic E-state index is 13.2. The number of thioether (sulfide) groups is 1. The van der Waals surface area contributed by atoms with Gasteiger partial charge >= 0.3 is 0 Å². The first-order chi connectivity index (χ1) is 13.6. The highest BCUT2D eigenvalue weighted by Crippen LogP contribution is 2.36. The molecule has 0 fully saturated rings. The van der Waals surface area contributed by atoms with Crippen molar-refractivity contribution in [1.82, 2.24) is 19.7 Å². The number of thiophene rings is 1. The summed E-state index contributed by atoms with van der Waals surface area (Å²) in [5.74, 6) is 1.55. The molecule has 8 heteroatoms. The summed E-state index contributed by atoms with van der Waals surface area (Å²) >= 11 is 2.95. The summed E-state index contributed by atoms with van der Waals surface area (Å²) < 4.78 is 6.82. The molecule has 0 bridgehead atoms. The van der Waals surface area contributed by atoms with E-state index in [0.717, 1.165) is 20.8 Å². The number of allylic oxidation sites excluding steroid dienone is 1. The van der Waals surface area contributed by atoms with Gasteiger partial charge in [-0.15, -0.1) is 17.9 Å². The van der Waals surface area contributed by atoms with Gasteiger partial charge in [0.05, 0.1) is 11.1 Å². The van der Waals surface area contributed by atoms with Crippen molar-refractivity contribution in [3.8, 4) is 10.4 Å². The van der Waals surface area contributed by atoms with Gasteiger partial charge in [-0.3, -0.25) is 9.36 Å². The van der Waals surface area contributed by atoms with Crippen molar-refractivity contribution in [3.63, 3.8) is 0 Å². The Morgan fingerprint density at radius 3 is 2.71 bits per heavy atom. The lowest BCUT2D eigenvalue weighted by Gasteiger charge is -2.09. The van der Waals surface area contributed by atoms with Crippen molar-refractivity contribution >= 4 is 33.3 Å². The topological polar surface area (TPSA) is 73.8 Å². The zero-order valence-corrected chi connectivity index (χ0v) is 17.1. The minimum absolute atomic E-state index is 0.0509. The van der Waals surface area contributed by atoms with Crippen LogP contribution in [0.2, 0.25) is 0 Å². The number of hydrogen-bond acceptors (Lipinski definition) is 7. The number of aryl methyl sites for hydroxylation is 2. The number of rotatable bonds is 6. The third-order valence-electron chi connectivity index (χ3n) is 4.26. The molecule has 4 rings (SSSR count). The van der Waals surface area contributed by atoms with E-state index in [-0.39, 0.29) is 5.56 Å². The van der Waals surface area contributed by atoms with Crippen molar-refractivity contribution in [2.75, 3.05) is 0 Å². The molecule has 0 saturated heterocycles. The highest BCUT2D eigenvalue weighted by molar-refractivity contribution is 7.98. The first kappa shape index (κ1) is 18.6. The molecule has 0 aliphatic carbocycles. The van der Waals surface area contributed by atoms with Crippen LogP contribution in [0.5, 0.6) is 0 Å². The molecule has 0 spiro atoms. The number of aromatic nitrogens is 4. The molecule has 0 aliphatic rings. The molecule has 0 saturated carbocycles. The molecule has 3 heterocycles. The molecule has 0 aliphatic heterocycles. The maximum absolute atomic E-state index is 13.2. The number of fused-ring (bicyclic) bond motifs is 1. The van der Waals surface area contributed by atoms with Crippen LogP contribution in [0.4, 0.5) is 0 Å². The summed E-state index contributed by atoms with van der Waals surface area (Å²) in [6, 6.07) is 10.1. The lowest BCUT2D eigenvalue weighted by molar-refractivity contribution is 0.387. The highest BCUT2D eigenvalue weighted by atomic mass is 32.2. The van der Waals surface area contributed by atoms with E-state index in [9.17, 15) is 4.79 Å². The minimum Gasteiger partial charge on any atom is -0.338 e. The van der Waals surface area contributed by atoms with Crippen LogP contribution < -0.4 is 5.56 Å². The van der Waals surface area contributed by atoms with Gasteiger partial charge < -0.3 is 4.52 Å². The molecule has 0 unspecified atom stereocenters. The van der Waals surface area contributed by atoms with Crippen molar-refractivity contribution < 1.29 is 4.52 Å². The average Bonchev–Trinajstić information content (AvgIpc) is 3.26. The second-order valence-corrected chi connectivity index (χ2v) is 8.17. The van der Waals surface area contributed by atoms with Gasteiger partial charge in [0, 0.05) is 11.4 Å². The van der Waals surface area contributed by atoms with Crippen molar-refractivity contribution in [3.05, 3.63) is 70.6 Å². The van der Waals surface area contributed by atoms with E-state index in [4.69, 9.17) is 9.51 Å². The molecule has 142 valence electrons. The summed E-state index contributed by atoms with van der Waals surface area (Å²) in [4.78, 5) is 24.1. The Labute approximate surface area is 169 Å². The van der Waals surface area contributed by atoms with Gasteiger partial charge in [0.15, 0.2) is 11.0 Å². The third kappa shape index (κ3) is 3.41. The second-order valence-electron chi connectivity index (χ2n) is 6.23. The van der Waals surface area contributed by atoms with Crippen LogP contribution in [0.3, 0.4) is 0 Å². The Hall–Kier alpha value is -2.71. The number of hydrogen-bond donors (Lipinski definition) is 0. The standard InChI is InChI=1S/C20H18N4O2S2/c1-4-10-24-19(25)16-12(2)17(14-8-6-5-7-9-14)28-18(16)22-20(24)27-11-15-21-13(3)23-26-15/h4-9H,1,10-11H2,2-3H3. The van der Waals surface area contributed by atoms with Gasteiger partial charge in [-0.05, 0) is 25.0 Å². The second kappa shape index (κ2) is 7.73. The molecule has 0 radical (unpaired) electrons. The van der Waals surface area contributed by atoms with Crippen molar-refractivity contribution in [1.29, 1.82) is 0 Å². The predicted octanol–water partition coefficient (Wildman–Crippen LogP) is 4.60. The summed E-state index contributed by atoms with van der Waals surface area (Å²) in [5.41, 5.74) is 2.00. The monoisotopic (exact) mass is 410 g/mol. The van der Waals surface area contributed by atoms with Gasteiger partial charge in [-0.1, -0.05) is 53.3 Å². The zero-order valence-electron chi connectivity index (χ0n) is 15.5. The van der Waals surface area contributed by atoms with Gasteiger partial charge in [-0.2, -0.15) is 4.98 Å². The normalized spacial score (nSPS) is 11.2. The van der Waals surface area contributed by atoms with Crippen LogP contribution in [0.25, 0.3) is 20.7 Å². The van der Waals surface area contributed by atoms with Crippen LogP contribution >= 0.6 is 23.1 Å². The highest BCUT2D eigenvalue weighted by Gasteiger charge is 2.19. The SMILES string of the molecule is C=CCn1c(SCc2nc(C)no2)nc2sc(-c3ccccc3)c(C)c2c1=O. The van der Waals surface area contributed by atoms with E-state index in [1.807, 2.05) is 37.3 Å². The summed E-state index contributed by atoms with van der Waals surface area (Å²) in [7, 11) is 0. The van der Waals surface area contributed by atoms with Gasteiger partial charge in [-0.25, -0.2) is 4.98 Å². The number of benzene rings is 1. The lowest BCUT2D eigenvalue weighted by atomic mass is 10.1. The van der Waals surface area contributed by atoms with Crippen molar-refractivity contribution in [2.45, 2.75) is 31.3 Å². The van der Waals surface area contributed by atoms with Crippen LogP contribution in [0.1, 0.15) is 17.3 Å². The van der Waals surface area contributed by atoms with Crippen LogP contribution in [-0.4, -0.2) is 19.7 Å².